The highest BCUT2D eigenvalue weighted by molar-refractivity contribution is 8.06. The fourth-order valence-corrected chi connectivity index (χ4v) is 3.83. The zero-order valence-electron chi connectivity index (χ0n) is 12.9. The molecule has 1 aliphatic rings. The molecule has 11 heteroatoms. The quantitative estimate of drug-likeness (QED) is 0.899. The number of oxime groups is 1. The van der Waals surface area contributed by atoms with Crippen LogP contribution in [0, 0.1) is 0 Å². The van der Waals surface area contributed by atoms with E-state index in [1.54, 1.807) is 13.8 Å². The molecular formula is C12H16F3N3O4S. The fourth-order valence-electron chi connectivity index (χ4n) is 2.20. The summed E-state index contributed by atoms with van der Waals surface area (Å²) in [5, 5.41) is 6.86. The van der Waals surface area contributed by atoms with Gasteiger partial charge in [-0.15, -0.1) is 0 Å². The van der Waals surface area contributed by atoms with E-state index >= 15 is 0 Å². The van der Waals surface area contributed by atoms with Gasteiger partial charge in [0.15, 0.2) is 10.7 Å². The molecule has 0 spiro atoms. The Morgan fingerprint density at radius 2 is 2.00 bits per heavy atom. The molecule has 0 fully saturated rings. The normalized spacial score (nSPS) is 19.2. The van der Waals surface area contributed by atoms with E-state index in [1.807, 2.05) is 0 Å². The van der Waals surface area contributed by atoms with E-state index in [9.17, 15) is 21.6 Å². The summed E-state index contributed by atoms with van der Waals surface area (Å²) in [6.07, 6.45) is -4.85. The summed E-state index contributed by atoms with van der Waals surface area (Å²) < 4.78 is 69.1. The van der Waals surface area contributed by atoms with Crippen LogP contribution in [0.5, 0.6) is 5.88 Å². The molecule has 1 unspecified atom stereocenters. The third kappa shape index (κ3) is 3.14. The van der Waals surface area contributed by atoms with E-state index in [0.29, 0.717) is 0 Å². The first-order chi connectivity index (χ1) is 10.4. The van der Waals surface area contributed by atoms with Crippen molar-refractivity contribution in [3.8, 4) is 5.88 Å². The van der Waals surface area contributed by atoms with Crippen molar-refractivity contribution in [3.63, 3.8) is 0 Å². The van der Waals surface area contributed by atoms with E-state index in [-0.39, 0.29) is 17.3 Å². The van der Waals surface area contributed by atoms with Gasteiger partial charge in [-0.25, -0.2) is 13.5 Å². The van der Waals surface area contributed by atoms with Crippen molar-refractivity contribution in [2.75, 3.05) is 7.11 Å². The summed E-state index contributed by atoms with van der Waals surface area (Å²) >= 11 is 0. The van der Waals surface area contributed by atoms with Crippen LogP contribution >= 0.6 is 0 Å². The first-order valence-corrected chi connectivity index (χ1v) is 8.13. The van der Waals surface area contributed by atoms with E-state index in [4.69, 9.17) is 9.57 Å². The summed E-state index contributed by atoms with van der Waals surface area (Å²) in [4.78, 5) is 4.99. The van der Waals surface area contributed by atoms with Crippen LogP contribution in [0.15, 0.2) is 5.16 Å². The maximum absolute atomic E-state index is 13.1. The number of sulfone groups is 1. The van der Waals surface area contributed by atoms with Crippen LogP contribution in [0.25, 0.3) is 0 Å². The van der Waals surface area contributed by atoms with Crippen LogP contribution < -0.4 is 4.74 Å². The molecule has 2 rings (SSSR count). The highest BCUT2D eigenvalue weighted by atomic mass is 32.2. The number of alkyl halides is 3. The van der Waals surface area contributed by atoms with Crippen molar-refractivity contribution in [2.45, 2.75) is 44.2 Å². The average molecular weight is 355 g/mol. The Hall–Kier alpha value is -1.78. The predicted octanol–water partition coefficient (Wildman–Crippen LogP) is 2.43. The van der Waals surface area contributed by atoms with Crippen molar-refractivity contribution in [1.29, 1.82) is 0 Å². The van der Waals surface area contributed by atoms with Crippen LogP contribution in [-0.4, -0.2) is 36.4 Å². The number of aromatic nitrogens is 2. The highest BCUT2D eigenvalue weighted by Gasteiger charge is 2.46. The number of ether oxygens (including phenoxy) is 1. The lowest BCUT2D eigenvalue weighted by molar-refractivity contribution is -0.141. The lowest BCUT2D eigenvalue weighted by atomic mass is 10.1. The van der Waals surface area contributed by atoms with Crippen molar-refractivity contribution in [1.82, 2.24) is 10.2 Å². The zero-order valence-corrected chi connectivity index (χ0v) is 13.7. The number of hydrogen-bond donors (Lipinski definition) is 1. The fraction of sp³-hybridized carbons (Fsp3) is 0.667. The van der Waals surface area contributed by atoms with Gasteiger partial charge in [-0.05, 0) is 20.8 Å². The topological polar surface area (TPSA) is 93.6 Å². The Morgan fingerprint density at radius 3 is 2.43 bits per heavy atom. The summed E-state index contributed by atoms with van der Waals surface area (Å²) in [6.45, 7) is 4.39. The van der Waals surface area contributed by atoms with Gasteiger partial charge in [0.05, 0.1) is 17.9 Å². The number of hydrogen-bond acceptors (Lipinski definition) is 6. The zero-order chi connectivity index (χ0) is 17.6. The maximum atomic E-state index is 13.1. The van der Waals surface area contributed by atoms with Crippen molar-refractivity contribution < 1.29 is 31.2 Å². The first-order valence-electron chi connectivity index (χ1n) is 6.58. The molecule has 1 atom stereocenters. The van der Waals surface area contributed by atoms with E-state index in [0.717, 1.165) is 14.0 Å². The molecule has 1 aromatic heterocycles. The molecule has 0 radical (unpaired) electrons. The smallest absolute Gasteiger partial charge is 0.435 e. The Kier molecular flexibility index (Phi) is 4.12. The minimum Gasteiger partial charge on any atom is -0.481 e. The molecule has 1 N–H and O–H groups in total. The van der Waals surface area contributed by atoms with Gasteiger partial charge < -0.3 is 9.57 Å². The van der Waals surface area contributed by atoms with Gasteiger partial charge >= 0.3 is 6.18 Å². The van der Waals surface area contributed by atoms with Gasteiger partial charge in [-0.1, -0.05) is 5.16 Å². The molecular weight excluding hydrogens is 339 g/mol. The number of halogens is 3. The van der Waals surface area contributed by atoms with Crippen molar-refractivity contribution >= 4 is 14.9 Å². The molecule has 0 aromatic carbocycles. The van der Waals surface area contributed by atoms with Gasteiger partial charge in [0, 0.05) is 6.42 Å². The number of H-pyrrole nitrogens is 1. The maximum Gasteiger partial charge on any atom is 0.435 e. The van der Waals surface area contributed by atoms with Gasteiger partial charge in [-0.3, -0.25) is 0 Å². The first kappa shape index (κ1) is 17.6. The minimum atomic E-state index is -4.82. The van der Waals surface area contributed by atoms with Crippen LogP contribution in [0.1, 0.15) is 43.7 Å². The average Bonchev–Trinajstić information content (AvgIpc) is 3.00. The SMILES string of the molecule is COc1[nH]nc(C(F)(F)F)c1C(C)S(=O)(=O)C1=NOC(C)(C)C1. The van der Waals surface area contributed by atoms with Gasteiger partial charge in [0.2, 0.25) is 15.7 Å². The molecule has 0 saturated heterocycles. The minimum absolute atomic E-state index is 0.0266. The number of aromatic amines is 1. The molecule has 23 heavy (non-hydrogen) atoms. The Morgan fingerprint density at radius 1 is 1.39 bits per heavy atom. The molecule has 7 nitrogen and oxygen atoms in total. The van der Waals surface area contributed by atoms with Gasteiger partial charge in [-0.2, -0.15) is 18.3 Å². The predicted molar refractivity (Wildman–Crippen MR) is 74.7 cm³/mol. The number of nitrogens with one attached hydrogen (secondary N) is 1. The monoisotopic (exact) mass is 355 g/mol. The third-order valence-corrected chi connectivity index (χ3v) is 5.46. The Bertz CT molecular complexity index is 737. The lowest BCUT2D eigenvalue weighted by Gasteiger charge is -2.16. The summed E-state index contributed by atoms with van der Waals surface area (Å²) in [7, 11) is -3.04. The molecule has 0 amide bonds. The van der Waals surface area contributed by atoms with Crippen LogP contribution in [0.2, 0.25) is 0 Å². The van der Waals surface area contributed by atoms with Crippen LogP contribution in [0.4, 0.5) is 13.2 Å². The molecule has 1 aromatic rings. The number of rotatable bonds is 3. The second kappa shape index (κ2) is 5.39. The summed E-state index contributed by atoms with van der Waals surface area (Å²) in [5.41, 5.74) is -2.73. The van der Waals surface area contributed by atoms with Crippen molar-refractivity contribution in [2.24, 2.45) is 5.16 Å². The Labute approximate surface area is 130 Å². The van der Waals surface area contributed by atoms with E-state index in [2.05, 4.69) is 15.4 Å². The highest BCUT2D eigenvalue weighted by Crippen LogP contribution is 2.41. The third-order valence-electron chi connectivity index (χ3n) is 3.41. The molecule has 0 aliphatic carbocycles. The van der Waals surface area contributed by atoms with E-state index in [1.165, 1.54) is 0 Å². The van der Waals surface area contributed by atoms with Crippen molar-refractivity contribution in [3.05, 3.63) is 11.3 Å². The standard InChI is InChI=1S/C12H16F3N3O4S/c1-6(23(19,20)7-5-11(2,3)22-18-7)8-9(12(13,14)15)16-17-10(8)21-4/h6H,5H2,1-4H3,(H,16,17). The molecule has 0 bridgehead atoms. The number of methoxy groups -OCH3 is 1. The lowest BCUT2D eigenvalue weighted by Crippen LogP contribution is -2.26. The largest absolute Gasteiger partial charge is 0.481 e. The van der Waals surface area contributed by atoms with Gasteiger partial charge in [0.25, 0.3) is 0 Å². The second-order valence-corrected chi connectivity index (χ2v) is 7.99. The summed E-state index contributed by atoms with van der Waals surface area (Å²) in [6, 6.07) is 0. The Balaban J connectivity index is 2.49. The number of nitrogens with zero attached hydrogens (tertiary/aromatic N) is 2. The van der Waals surface area contributed by atoms with E-state index < -0.39 is 38.1 Å². The summed E-state index contributed by atoms with van der Waals surface area (Å²) in [5.74, 6) is -0.354. The molecule has 0 saturated carbocycles. The molecule has 130 valence electrons. The second-order valence-electron chi connectivity index (χ2n) is 5.72. The van der Waals surface area contributed by atoms with Crippen LogP contribution in [-0.2, 0) is 20.9 Å². The van der Waals surface area contributed by atoms with Crippen LogP contribution in [0.3, 0.4) is 0 Å². The molecule has 1 aliphatic heterocycles. The van der Waals surface area contributed by atoms with Gasteiger partial charge in [0.1, 0.15) is 5.60 Å². The molecule has 2 heterocycles.